The fourth-order valence-electron chi connectivity index (χ4n) is 4.03. The number of carbonyl (C=O) groups is 2. The van der Waals surface area contributed by atoms with Crippen LogP contribution >= 0.6 is 0 Å². The number of amides is 2. The Bertz CT molecular complexity index is 1060. The van der Waals surface area contributed by atoms with Gasteiger partial charge in [0, 0.05) is 50.2 Å². The maximum Gasteiger partial charge on any atom is 0.294 e. The topological polar surface area (TPSA) is 101 Å². The number of benzene rings is 1. The molecule has 1 aromatic carbocycles. The van der Waals surface area contributed by atoms with Gasteiger partial charge in [0.1, 0.15) is 11.8 Å². The van der Waals surface area contributed by atoms with Gasteiger partial charge in [-0.3, -0.25) is 9.59 Å². The summed E-state index contributed by atoms with van der Waals surface area (Å²) in [6, 6.07) is 12.6. The minimum Gasteiger partial charge on any atom is -0.463 e. The monoisotopic (exact) mass is 436 g/mol. The number of hydrogen-bond donors (Lipinski definition) is 1. The van der Waals surface area contributed by atoms with Crippen molar-refractivity contribution in [2.24, 2.45) is 0 Å². The highest BCUT2D eigenvalue weighted by atomic mass is 16.5. The van der Waals surface area contributed by atoms with Crippen molar-refractivity contribution in [3.8, 4) is 11.5 Å². The van der Waals surface area contributed by atoms with Gasteiger partial charge in [0.15, 0.2) is 5.76 Å². The number of piperazine rings is 1. The van der Waals surface area contributed by atoms with Crippen LogP contribution in [0.1, 0.15) is 23.4 Å². The van der Waals surface area contributed by atoms with Crippen LogP contribution in [-0.4, -0.2) is 60.8 Å². The molecule has 9 nitrogen and oxygen atoms in total. The largest absolute Gasteiger partial charge is 0.463 e. The molecule has 5 rings (SSSR count). The van der Waals surface area contributed by atoms with Gasteiger partial charge in [-0.25, -0.2) is 0 Å². The van der Waals surface area contributed by atoms with Crippen LogP contribution in [0.5, 0.6) is 0 Å². The van der Waals surface area contributed by atoms with E-state index in [1.807, 2.05) is 29.2 Å². The number of anilines is 2. The smallest absolute Gasteiger partial charge is 0.294 e. The van der Waals surface area contributed by atoms with Crippen molar-refractivity contribution >= 4 is 23.2 Å². The van der Waals surface area contributed by atoms with E-state index in [2.05, 4.69) is 15.4 Å². The van der Waals surface area contributed by atoms with E-state index in [4.69, 9.17) is 13.7 Å². The number of aromatic nitrogens is 1. The average molecular weight is 436 g/mol. The molecule has 0 saturated carbocycles. The summed E-state index contributed by atoms with van der Waals surface area (Å²) in [4.78, 5) is 29.1. The highest BCUT2D eigenvalue weighted by Crippen LogP contribution is 2.23. The number of furan rings is 1. The van der Waals surface area contributed by atoms with E-state index in [1.165, 1.54) is 6.26 Å². The molecule has 2 fully saturated rings. The Morgan fingerprint density at radius 1 is 1.06 bits per heavy atom. The lowest BCUT2D eigenvalue weighted by atomic mass is 10.2. The zero-order chi connectivity index (χ0) is 21.9. The van der Waals surface area contributed by atoms with Gasteiger partial charge in [-0.2, -0.15) is 0 Å². The maximum absolute atomic E-state index is 12.5. The van der Waals surface area contributed by atoms with Gasteiger partial charge in [0.05, 0.1) is 6.26 Å². The predicted molar refractivity (Wildman–Crippen MR) is 116 cm³/mol. The Kier molecular flexibility index (Phi) is 5.64. The number of ether oxygens (including phenoxy) is 1. The van der Waals surface area contributed by atoms with Crippen molar-refractivity contribution in [1.82, 2.24) is 10.1 Å². The van der Waals surface area contributed by atoms with E-state index >= 15 is 0 Å². The van der Waals surface area contributed by atoms with Crippen LogP contribution in [0.15, 0.2) is 57.7 Å². The molecular formula is C23H24N4O5. The summed E-state index contributed by atoms with van der Waals surface area (Å²) in [6.07, 6.45) is 3.06. The minimum absolute atomic E-state index is 0.104. The fraction of sp³-hybridized carbons (Fsp3) is 0.348. The van der Waals surface area contributed by atoms with Crippen LogP contribution in [0.3, 0.4) is 0 Å². The van der Waals surface area contributed by atoms with E-state index in [0.717, 1.165) is 31.6 Å². The fourth-order valence-corrected chi connectivity index (χ4v) is 4.03. The molecule has 0 aliphatic carbocycles. The highest BCUT2D eigenvalue weighted by Gasteiger charge is 2.30. The van der Waals surface area contributed by atoms with Gasteiger partial charge in [-0.15, -0.1) is 0 Å². The van der Waals surface area contributed by atoms with Crippen molar-refractivity contribution in [3.63, 3.8) is 0 Å². The molecule has 32 heavy (non-hydrogen) atoms. The Balaban J connectivity index is 1.15. The Hall–Kier alpha value is -3.59. The number of hydrogen-bond acceptors (Lipinski definition) is 7. The summed E-state index contributed by atoms with van der Waals surface area (Å²) in [7, 11) is 0. The van der Waals surface area contributed by atoms with Crippen molar-refractivity contribution in [2.45, 2.75) is 18.9 Å². The maximum atomic E-state index is 12.5. The average Bonchev–Trinajstić information content (AvgIpc) is 3.61. The molecule has 9 heteroatoms. The zero-order valence-electron chi connectivity index (χ0n) is 17.5. The normalized spacial score (nSPS) is 18.7. The van der Waals surface area contributed by atoms with E-state index in [1.54, 1.807) is 18.2 Å². The summed E-state index contributed by atoms with van der Waals surface area (Å²) in [6.45, 7) is 3.57. The van der Waals surface area contributed by atoms with Crippen LogP contribution in [0.2, 0.25) is 0 Å². The van der Waals surface area contributed by atoms with E-state index in [9.17, 15) is 9.59 Å². The van der Waals surface area contributed by atoms with Crippen LogP contribution in [0.25, 0.3) is 11.5 Å². The molecule has 0 unspecified atom stereocenters. The van der Waals surface area contributed by atoms with E-state index in [-0.39, 0.29) is 23.7 Å². The lowest BCUT2D eigenvalue weighted by Gasteiger charge is -2.37. The molecular weight excluding hydrogens is 412 g/mol. The molecule has 2 aliphatic heterocycles. The molecule has 166 valence electrons. The van der Waals surface area contributed by atoms with Gasteiger partial charge in [-0.05, 0) is 49.2 Å². The predicted octanol–water partition coefficient (Wildman–Crippen LogP) is 3.01. The quantitative estimate of drug-likeness (QED) is 0.656. The summed E-state index contributed by atoms with van der Waals surface area (Å²) in [5, 5.41) is 6.68. The molecule has 4 heterocycles. The third kappa shape index (κ3) is 4.24. The molecule has 3 aromatic rings. The minimum atomic E-state index is -0.385. The van der Waals surface area contributed by atoms with Gasteiger partial charge in [0.25, 0.3) is 11.8 Å². The Labute approximate surface area is 184 Å². The number of rotatable bonds is 5. The summed E-state index contributed by atoms with van der Waals surface area (Å²) >= 11 is 0. The van der Waals surface area contributed by atoms with E-state index in [0.29, 0.717) is 36.8 Å². The van der Waals surface area contributed by atoms with Gasteiger partial charge >= 0.3 is 0 Å². The first kappa shape index (κ1) is 20.3. The van der Waals surface area contributed by atoms with Crippen molar-refractivity contribution in [1.29, 1.82) is 0 Å². The van der Waals surface area contributed by atoms with Gasteiger partial charge in [-0.1, -0.05) is 5.16 Å². The first-order valence-electron chi connectivity index (χ1n) is 10.7. The molecule has 1 atom stereocenters. The Morgan fingerprint density at radius 3 is 2.56 bits per heavy atom. The molecule has 0 radical (unpaired) electrons. The van der Waals surface area contributed by atoms with Gasteiger partial charge < -0.3 is 28.8 Å². The van der Waals surface area contributed by atoms with Crippen LogP contribution in [0, 0.1) is 0 Å². The molecule has 2 aromatic heterocycles. The molecule has 1 N–H and O–H groups in total. The number of nitrogens with one attached hydrogen (secondary N) is 1. The van der Waals surface area contributed by atoms with Gasteiger partial charge in [0.2, 0.25) is 5.76 Å². The first-order chi connectivity index (χ1) is 15.7. The van der Waals surface area contributed by atoms with E-state index < -0.39 is 0 Å². The lowest BCUT2D eigenvalue weighted by Crippen LogP contribution is -2.51. The van der Waals surface area contributed by atoms with Crippen LogP contribution < -0.4 is 10.2 Å². The zero-order valence-corrected chi connectivity index (χ0v) is 17.5. The van der Waals surface area contributed by atoms with Crippen molar-refractivity contribution in [3.05, 3.63) is 54.5 Å². The summed E-state index contributed by atoms with van der Waals surface area (Å²) < 4.78 is 15.9. The molecule has 0 bridgehead atoms. The SMILES string of the molecule is O=C(Nc1ccc(N2CCN(C(=O)[C@@H]3CCCO3)CC2)cc1)c1cc(-c2ccco2)no1. The third-order valence-corrected chi connectivity index (χ3v) is 5.79. The second-order valence-electron chi connectivity index (χ2n) is 7.87. The summed E-state index contributed by atoms with van der Waals surface area (Å²) in [5.74, 6) is 0.370. The molecule has 0 spiro atoms. The van der Waals surface area contributed by atoms with Crippen LogP contribution in [0.4, 0.5) is 11.4 Å². The second-order valence-corrected chi connectivity index (χ2v) is 7.87. The molecule has 2 aliphatic rings. The highest BCUT2D eigenvalue weighted by molar-refractivity contribution is 6.02. The molecule has 2 amide bonds. The standard InChI is InChI=1S/C23H24N4O5/c28-22(21-15-18(25-32-21)19-3-1-13-30-19)24-16-5-7-17(8-6-16)26-9-11-27(12-10-26)23(29)20-4-2-14-31-20/h1,3,5-8,13,15,20H,2,4,9-12,14H2,(H,24,28)/t20-/m0/s1. The second kappa shape index (κ2) is 8.88. The number of nitrogens with zero attached hydrogens (tertiary/aromatic N) is 3. The number of carbonyl (C=O) groups excluding carboxylic acids is 2. The Morgan fingerprint density at radius 2 is 1.88 bits per heavy atom. The van der Waals surface area contributed by atoms with Crippen LogP contribution in [-0.2, 0) is 9.53 Å². The molecule has 2 saturated heterocycles. The van der Waals surface area contributed by atoms with Crippen molar-refractivity contribution in [2.75, 3.05) is 43.0 Å². The third-order valence-electron chi connectivity index (χ3n) is 5.79. The summed E-state index contributed by atoms with van der Waals surface area (Å²) in [5.41, 5.74) is 2.17. The lowest BCUT2D eigenvalue weighted by molar-refractivity contribution is -0.141. The first-order valence-corrected chi connectivity index (χ1v) is 10.7. The van der Waals surface area contributed by atoms with Crippen molar-refractivity contribution < 1.29 is 23.3 Å².